The third-order valence-corrected chi connectivity index (χ3v) is 5.31. The molecule has 0 N–H and O–H groups in total. The molecule has 1 aliphatic rings. The van der Waals surface area contributed by atoms with E-state index in [0.717, 1.165) is 11.8 Å². The molecule has 0 unspecified atom stereocenters. The standard InChI is InChI=1S/C23H28/c1-3-5-19-8-12-21(13-9-19)23-16-14-22(15-17-23)20-10-6-18(4-2)7-11-20/h4,8-9,12-18,20H,2-3,5-7,10-11H2,1H3. The van der Waals surface area contributed by atoms with Crippen molar-refractivity contribution in [1.29, 1.82) is 0 Å². The van der Waals surface area contributed by atoms with Crippen LogP contribution in [-0.2, 0) is 6.42 Å². The molecule has 23 heavy (non-hydrogen) atoms. The monoisotopic (exact) mass is 304 g/mol. The van der Waals surface area contributed by atoms with Crippen LogP contribution in [0.2, 0.25) is 0 Å². The number of rotatable bonds is 5. The smallest absolute Gasteiger partial charge is 0.0162 e. The molecule has 0 aliphatic heterocycles. The lowest BCUT2D eigenvalue weighted by molar-refractivity contribution is 0.376. The van der Waals surface area contributed by atoms with Gasteiger partial charge in [0.2, 0.25) is 0 Å². The largest absolute Gasteiger partial charge is 0.103 e. The van der Waals surface area contributed by atoms with E-state index in [1.165, 1.54) is 60.8 Å². The molecule has 0 spiro atoms. The highest BCUT2D eigenvalue weighted by Crippen LogP contribution is 2.36. The van der Waals surface area contributed by atoms with E-state index in [1.54, 1.807) is 0 Å². The van der Waals surface area contributed by atoms with Gasteiger partial charge in [-0.05, 0) is 66.2 Å². The van der Waals surface area contributed by atoms with Gasteiger partial charge in [-0.3, -0.25) is 0 Å². The Morgan fingerprint density at radius 2 is 1.43 bits per heavy atom. The minimum absolute atomic E-state index is 0.743. The van der Waals surface area contributed by atoms with Gasteiger partial charge in [-0.15, -0.1) is 6.58 Å². The lowest BCUT2D eigenvalue weighted by atomic mass is 9.78. The van der Waals surface area contributed by atoms with Gasteiger partial charge in [-0.25, -0.2) is 0 Å². The molecule has 0 heteroatoms. The van der Waals surface area contributed by atoms with Crippen molar-refractivity contribution in [2.75, 3.05) is 0 Å². The second-order valence-corrected chi connectivity index (χ2v) is 6.92. The van der Waals surface area contributed by atoms with Crippen LogP contribution in [0.5, 0.6) is 0 Å². The van der Waals surface area contributed by atoms with Crippen LogP contribution in [0.25, 0.3) is 11.1 Å². The molecule has 0 aromatic heterocycles. The molecule has 1 aliphatic carbocycles. The molecule has 3 rings (SSSR count). The third-order valence-electron chi connectivity index (χ3n) is 5.31. The van der Waals surface area contributed by atoms with Crippen molar-refractivity contribution in [2.24, 2.45) is 5.92 Å². The second-order valence-electron chi connectivity index (χ2n) is 6.92. The van der Waals surface area contributed by atoms with Crippen LogP contribution in [0.1, 0.15) is 56.1 Å². The summed E-state index contributed by atoms with van der Waals surface area (Å²) in [6, 6.07) is 18.3. The van der Waals surface area contributed by atoms with Crippen molar-refractivity contribution in [1.82, 2.24) is 0 Å². The van der Waals surface area contributed by atoms with Crippen LogP contribution < -0.4 is 0 Å². The van der Waals surface area contributed by atoms with E-state index in [-0.39, 0.29) is 0 Å². The van der Waals surface area contributed by atoms with Crippen molar-refractivity contribution < 1.29 is 0 Å². The van der Waals surface area contributed by atoms with Crippen molar-refractivity contribution in [3.8, 4) is 11.1 Å². The lowest BCUT2D eigenvalue weighted by Crippen LogP contribution is -2.11. The van der Waals surface area contributed by atoms with Crippen molar-refractivity contribution in [3.05, 3.63) is 72.3 Å². The number of benzene rings is 2. The van der Waals surface area contributed by atoms with Crippen LogP contribution in [0.3, 0.4) is 0 Å². The highest BCUT2D eigenvalue weighted by Gasteiger charge is 2.20. The van der Waals surface area contributed by atoms with E-state index < -0.39 is 0 Å². The number of hydrogen-bond acceptors (Lipinski definition) is 0. The normalized spacial score (nSPS) is 21.1. The molecule has 0 nitrogen and oxygen atoms in total. The maximum atomic E-state index is 3.94. The van der Waals surface area contributed by atoms with Gasteiger partial charge in [0.05, 0.1) is 0 Å². The number of hydrogen-bond donors (Lipinski definition) is 0. The van der Waals surface area contributed by atoms with Gasteiger partial charge in [-0.2, -0.15) is 0 Å². The molecule has 0 amide bonds. The van der Waals surface area contributed by atoms with Gasteiger partial charge in [-0.1, -0.05) is 68.0 Å². The predicted molar refractivity (Wildman–Crippen MR) is 101 cm³/mol. The predicted octanol–water partition coefficient (Wildman–Crippen LogP) is 6.77. The molecule has 1 fully saturated rings. The van der Waals surface area contributed by atoms with Gasteiger partial charge in [0, 0.05) is 0 Å². The maximum absolute atomic E-state index is 3.94. The lowest BCUT2D eigenvalue weighted by Gasteiger charge is -2.27. The van der Waals surface area contributed by atoms with Gasteiger partial charge in [0.1, 0.15) is 0 Å². The summed E-state index contributed by atoms with van der Waals surface area (Å²) in [7, 11) is 0. The van der Waals surface area contributed by atoms with Crippen LogP contribution >= 0.6 is 0 Å². The topological polar surface area (TPSA) is 0 Å². The second kappa shape index (κ2) is 7.64. The van der Waals surface area contributed by atoms with Crippen molar-refractivity contribution in [2.45, 2.75) is 51.4 Å². The molecule has 1 saturated carbocycles. The Balaban J connectivity index is 1.68. The highest BCUT2D eigenvalue weighted by molar-refractivity contribution is 5.64. The fraction of sp³-hybridized carbons (Fsp3) is 0.391. The van der Waals surface area contributed by atoms with Crippen LogP contribution in [0.15, 0.2) is 61.2 Å². The first-order valence-corrected chi connectivity index (χ1v) is 9.12. The van der Waals surface area contributed by atoms with Gasteiger partial charge in [0.15, 0.2) is 0 Å². The Morgan fingerprint density at radius 1 is 0.870 bits per heavy atom. The number of aryl methyl sites for hydroxylation is 1. The highest BCUT2D eigenvalue weighted by atomic mass is 14.2. The zero-order valence-electron chi connectivity index (χ0n) is 14.3. The molecule has 0 heterocycles. The Kier molecular flexibility index (Phi) is 5.33. The van der Waals surface area contributed by atoms with E-state index in [1.807, 2.05) is 0 Å². The Hall–Kier alpha value is -1.82. The summed E-state index contributed by atoms with van der Waals surface area (Å²) < 4.78 is 0. The van der Waals surface area contributed by atoms with Gasteiger partial charge >= 0.3 is 0 Å². The van der Waals surface area contributed by atoms with Gasteiger partial charge < -0.3 is 0 Å². The third kappa shape index (κ3) is 3.93. The van der Waals surface area contributed by atoms with E-state index in [4.69, 9.17) is 0 Å². The van der Waals surface area contributed by atoms with Crippen molar-refractivity contribution >= 4 is 0 Å². The molecule has 0 radical (unpaired) electrons. The summed E-state index contributed by atoms with van der Waals surface area (Å²) in [6.45, 7) is 6.18. The molecule has 120 valence electrons. The minimum atomic E-state index is 0.743. The first-order valence-electron chi connectivity index (χ1n) is 9.12. The fourth-order valence-corrected chi connectivity index (χ4v) is 3.79. The van der Waals surface area contributed by atoms with Crippen LogP contribution in [0.4, 0.5) is 0 Å². The Morgan fingerprint density at radius 3 is 1.96 bits per heavy atom. The molecule has 2 aromatic rings. The minimum Gasteiger partial charge on any atom is -0.103 e. The summed E-state index contributed by atoms with van der Waals surface area (Å²) >= 11 is 0. The van der Waals surface area contributed by atoms with Crippen molar-refractivity contribution in [3.63, 3.8) is 0 Å². The molecule has 0 bridgehead atoms. The Bertz CT molecular complexity index is 610. The average Bonchev–Trinajstić information content (AvgIpc) is 2.63. The molecular formula is C23H28. The van der Waals surface area contributed by atoms with E-state index in [2.05, 4.69) is 68.1 Å². The van der Waals surface area contributed by atoms with Gasteiger partial charge in [0.25, 0.3) is 0 Å². The van der Waals surface area contributed by atoms with E-state index >= 15 is 0 Å². The van der Waals surface area contributed by atoms with Crippen LogP contribution in [-0.4, -0.2) is 0 Å². The summed E-state index contributed by atoms with van der Waals surface area (Å²) in [5, 5.41) is 0. The molecule has 2 aromatic carbocycles. The summed E-state index contributed by atoms with van der Waals surface area (Å²) in [4.78, 5) is 0. The Labute approximate surface area is 141 Å². The molecular weight excluding hydrogens is 276 g/mol. The van der Waals surface area contributed by atoms with E-state index in [0.29, 0.717) is 0 Å². The zero-order chi connectivity index (χ0) is 16.1. The molecule has 0 atom stereocenters. The summed E-state index contributed by atoms with van der Waals surface area (Å²) in [5.41, 5.74) is 5.61. The first-order chi connectivity index (χ1) is 11.3. The summed E-state index contributed by atoms with van der Waals surface area (Å²) in [5.74, 6) is 1.49. The SMILES string of the molecule is C=CC1CCC(c2ccc(-c3ccc(CCC)cc3)cc2)CC1. The van der Waals surface area contributed by atoms with E-state index in [9.17, 15) is 0 Å². The van der Waals surface area contributed by atoms with Crippen LogP contribution in [0, 0.1) is 5.92 Å². The maximum Gasteiger partial charge on any atom is -0.0162 e. The molecule has 0 saturated heterocycles. The fourth-order valence-electron chi connectivity index (χ4n) is 3.79. The average molecular weight is 304 g/mol. The first kappa shape index (κ1) is 16.1. The quantitative estimate of drug-likeness (QED) is 0.535. The zero-order valence-corrected chi connectivity index (χ0v) is 14.3. The summed E-state index contributed by atoms with van der Waals surface area (Å²) in [6.07, 6.45) is 9.74. The number of allylic oxidation sites excluding steroid dienone is 1.